The number of carbonyl (C=O) groups is 1. The number of amides is 1. The zero-order valence-electron chi connectivity index (χ0n) is 8.05. The van der Waals surface area contributed by atoms with Gasteiger partial charge in [-0.1, -0.05) is 11.8 Å². The molecule has 1 fully saturated rings. The zero-order chi connectivity index (χ0) is 10.8. The minimum atomic E-state index is -0.146. The Hall–Kier alpha value is -0.880. The van der Waals surface area contributed by atoms with E-state index in [1.54, 1.807) is 0 Å². The SMILES string of the molecule is CSc1ncnc(N2CC(Cl)CC2=O)n1. The van der Waals surface area contributed by atoms with Gasteiger partial charge in [-0.2, -0.15) is 4.98 Å². The van der Waals surface area contributed by atoms with Gasteiger partial charge < -0.3 is 0 Å². The average Bonchev–Trinajstić information content (AvgIpc) is 2.58. The van der Waals surface area contributed by atoms with Crippen LogP contribution in [0.3, 0.4) is 0 Å². The second kappa shape index (κ2) is 4.32. The van der Waals surface area contributed by atoms with E-state index < -0.39 is 0 Å². The Labute approximate surface area is 96.3 Å². The van der Waals surface area contributed by atoms with Crippen molar-refractivity contribution in [1.82, 2.24) is 15.0 Å². The molecule has 0 spiro atoms. The number of carbonyl (C=O) groups excluding carboxylic acids is 1. The van der Waals surface area contributed by atoms with Gasteiger partial charge in [0.1, 0.15) is 6.33 Å². The van der Waals surface area contributed by atoms with Crippen molar-refractivity contribution in [2.24, 2.45) is 0 Å². The Balaban J connectivity index is 2.25. The molecule has 2 rings (SSSR count). The topological polar surface area (TPSA) is 59.0 Å². The van der Waals surface area contributed by atoms with Crippen molar-refractivity contribution in [3.63, 3.8) is 0 Å². The fraction of sp³-hybridized carbons (Fsp3) is 0.500. The van der Waals surface area contributed by atoms with Crippen molar-refractivity contribution in [3.8, 4) is 0 Å². The van der Waals surface area contributed by atoms with E-state index in [2.05, 4.69) is 15.0 Å². The lowest BCUT2D eigenvalue weighted by atomic mass is 10.4. The molecule has 2 heterocycles. The Bertz CT molecular complexity index is 389. The molecule has 1 aromatic rings. The summed E-state index contributed by atoms with van der Waals surface area (Å²) < 4.78 is 0. The Morgan fingerprint density at radius 2 is 2.40 bits per heavy atom. The first-order valence-corrected chi connectivity index (χ1v) is 6.04. The quantitative estimate of drug-likeness (QED) is 0.572. The maximum absolute atomic E-state index is 11.5. The summed E-state index contributed by atoms with van der Waals surface area (Å²) in [5.41, 5.74) is 0. The van der Waals surface area contributed by atoms with Gasteiger partial charge in [0.05, 0.1) is 5.38 Å². The van der Waals surface area contributed by atoms with Crippen LogP contribution in [-0.2, 0) is 4.79 Å². The summed E-state index contributed by atoms with van der Waals surface area (Å²) in [6, 6.07) is 0. The number of thioether (sulfide) groups is 1. The van der Waals surface area contributed by atoms with Crippen LogP contribution in [0, 0.1) is 0 Å². The van der Waals surface area contributed by atoms with Crippen LogP contribution in [0.25, 0.3) is 0 Å². The standard InChI is InChI=1S/C8H9ClN4OS/c1-15-8-11-4-10-7(12-8)13-3-5(9)2-6(13)14/h4-5H,2-3H2,1H3. The average molecular weight is 245 g/mol. The van der Waals surface area contributed by atoms with Crippen LogP contribution in [0.4, 0.5) is 5.95 Å². The minimum Gasteiger partial charge on any atom is -0.279 e. The number of halogens is 1. The maximum Gasteiger partial charge on any atom is 0.236 e. The predicted octanol–water partition coefficient (Wildman–Crippen LogP) is 0.938. The molecule has 0 aromatic carbocycles. The van der Waals surface area contributed by atoms with Crippen LogP contribution in [0.5, 0.6) is 0 Å². The van der Waals surface area contributed by atoms with E-state index in [-0.39, 0.29) is 11.3 Å². The minimum absolute atomic E-state index is 0.0340. The number of rotatable bonds is 2. The molecule has 1 unspecified atom stereocenters. The Morgan fingerprint density at radius 3 is 3.00 bits per heavy atom. The van der Waals surface area contributed by atoms with E-state index in [0.717, 1.165) is 0 Å². The molecule has 1 saturated heterocycles. The third kappa shape index (κ3) is 2.21. The highest BCUT2D eigenvalue weighted by Gasteiger charge is 2.30. The van der Waals surface area contributed by atoms with E-state index in [9.17, 15) is 4.79 Å². The number of aromatic nitrogens is 3. The van der Waals surface area contributed by atoms with Crippen LogP contribution in [0.1, 0.15) is 6.42 Å². The molecular formula is C8H9ClN4OS. The predicted molar refractivity (Wildman–Crippen MR) is 58.2 cm³/mol. The molecule has 7 heteroatoms. The summed E-state index contributed by atoms with van der Waals surface area (Å²) in [7, 11) is 0. The number of hydrogen-bond acceptors (Lipinski definition) is 5. The van der Waals surface area contributed by atoms with Gasteiger partial charge in [0.15, 0.2) is 5.16 Å². The monoisotopic (exact) mass is 244 g/mol. The van der Waals surface area contributed by atoms with Crippen molar-refractivity contribution in [2.75, 3.05) is 17.7 Å². The highest BCUT2D eigenvalue weighted by atomic mass is 35.5. The van der Waals surface area contributed by atoms with Crippen LogP contribution < -0.4 is 4.90 Å². The molecule has 0 N–H and O–H groups in total. The van der Waals surface area contributed by atoms with Crippen LogP contribution >= 0.6 is 23.4 Å². The summed E-state index contributed by atoms with van der Waals surface area (Å²) in [5, 5.41) is 0.456. The fourth-order valence-electron chi connectivity index (χ4n) is 1.36. The van der Waals surface area contributed by atoms with Crippen LogP contribution in [0.2, 0.25) is 0 Å². The van der Waals surface area contributed by atoms with Gasteiger partial charge in [-0.05, 0) is 6.26 Å². The molecule has 1 atom stereocenters. The Kier molecular flexibility index (Phi) is 3.06. The van der Waals surface area contributed by atoms with Crippen molar-refractivity contribution in [1.29, 1.82) is 0 Å². The molecule has 0 aliphatic carbocycles. The second-order valence-corrected chi connectivity index (χ2v) is 4.47. The molecule has 1 aliphatic heterocycles. The normalized spacial score (nSPS) is 21.1. The van der Waals surface area contributed by atoms with Crippen LogP contribution in [0.15, 0.2) is 11.5 Å². The highest BCUT2D eigenvalue weighted by molar-refractivity contribution is 7.98. The molecule has 1 amide bonds. The van der Waals surface area contributed by atoms with Crippen molar-refractivity contribution in [3.05, 3.63) is 6.33 Å². The van der Waals surface area contributed by atoms with E-state index in [4.69, 9.17) is 11.6 Å². The molecule has 0 radical (unpaired) electrons. The van der Waals surface area contributed by atoms with Gasteiger partial charge in [0.2, 0.25) is 11.9 Å². The molecule has 5 nitrogen and oxygen atoms in total. The maximum atomic E-state index is 11.5. The van der Waals surface area contributed by atoms with Crippen molar-refractivity contribution >= 4 is 35.2 Å². The fourth-order valence-corrected chi connectivity index (χ4v) is 1.95. The first-order valence-electron chi connectivity index (χ1n) is 4.38. The molecule has 1 aromatic heterocycles. The highest BCUT2D eigenvalue weighted by Crippen LogP contribution is 2.21. The van der Waals surface area contributed by atoms with Gasteiger partial charge in [0.25, 0.3) is 0 Å². The first-order chi connectivity index (χ1) is 7.20. The zero-order valence-corrected chi connectivity index (χ0v) is 9.62. The van der Waals surface area contributed by atoms with E-state index >= 15 is 0 Å². The summed E-state index contributed by atoms with van der Waals surface area (Å²) in [4.78, 5) is 25.1. The second-order valence-electron chi connectivity index (χ2n) is 3.08. The van der Waals surface area contributed by atoms with Crippen LogP contribution in [-0.4, -0.2) is 39.0 Å². The summed E-state index contributed by atoms with van der Waals surface area (Å²) in [6.07, 6.45) is 3.63. The number of alkyl halides is 1. The summed E-state index contributed by atoms with van der Waals surface area (Å²) in [5.74, 6) is 0.357. The molecule has 15 heavy (non-hydrogen) atoms. The van der Waals surface area contributed by atoms with Gasteiger partial charge in [-0.3, -0.25) is 9.69 Å². The molecule has 1 aliphatic rings. The third-order valence-electron chi connectivity index (χ3n) is 2.04. The first kappa shape index (κ1) is 10.6. The molecule has 0 saturated carbocycles. The van der Waals surface area contributed by atoms with Crippen molar-refractivity contribution < 1.29 is 4.79 Å². The molecular weight excluding hydrogens is 236 g/mol. The van der Waals surface area contributed by atoms with E-state index in [0.29, 0.717) is 24.1 Å². The smallest absolute Gasteiger partial charge is 0.236 e. The van der Waals surface area contributed by atoms with Crippen molar-refractivity contribution in [2.45, 2.75) is 17.0 Å². The lowest BCUT2D eigenvalue weighted by Crippen LogP contribution is -2.26. The largest absolute Gasteiger partial charge is 0.279 e. The molecule has 0 bridgehead atoms. The van der Waals surface area contributed by atoms with Gasteiger partial charge in [-0.25, -0.2) is 9.97 Å². The van der Waals surface area contributed by atoms with Gasteiger partial charge in [0, 0.05) is 13.0 Å². The number of anilines is 1. The lowest BCUT2D eigenvalue weighted by Gasteiger charge is -2.12. The molecule has 80 valence electrons. The number of hydrogen-bond donors (Lipinski definition) is 0. The van der Waals surface area contributed by atoms with Gasteiger partial charge >= 0.3 is 0 Å². The summed E-state index contributed by atoms with van der Waals surface area (Å²) >= 11 is 7.30. The third-order valence-corrected chi connectivity index (χ3v) is 2.89. The Morgan fingerprint density at radius 1 is 1.60 bits per heavy atom. The lowest BCUT2D eigenvalue weighted by molar-refractivity contribution is -0.117. The van der Waals surface area contributed by atoms with E-state index in [1.807, 2.05) is 6.26 Å². The van der Waals surface area contributed by atoms with Gasteiger partial charge in [-0.15, -0.1) is 11.6 Å². The summed E-state index contributed by atoms with van der Waals surface area (Å²) in [6.45, 7) is 0.470. The number of nitrogens with zero attached hydrogens (tertiary/aromatic N) is 4. The van der Waals surface area contributed by atoms with E-state index in [1.165, 1.54) is 23.0 Å².